The zero-order valence-electron chi connectivity index (χ0n) is 7.98. The molecule has 0 aliphatic rings. The molecule has 0 radical (unpaired) electrons. The second-order valence-electron chi connectivity index (χ2n) is 2.72. The predicted octanol–water partition coefficient (Wildman–Crippen LogP) is 4.29. The zero-order chi connectivity index (χ0) is 12.3. The highest BCUT2D eigenvalue weighted by atomic mass is 79.9. The Bertz CT molecular complexity index is 420. The van der Waals surface area contributed by atoms with E-state index in [9.17, 15) is 13.2 Å². The molecule has 0 amide bonds. The number of alkyl halides is 3. The lowest BCUT2D eigenvalue weighted by Crippen LogP contribution is -2.16. The predicted molar refractivity (Wildman–Crippen MR) is 59.7 cm³/mol. The van der Waals surface area contributed by atoms with Crippen LogP contribution in [0.15, 0.2) is 27.7 Å². The smallest absolute Gasteiger partial charge is 0.444 e. The van der Waals surface area contributed by atoms with Gasteiger partial charge in [0.25, 0.3) is 0 Å². The van der Waals surface area contributed by atoms with E-state index in [2.05, 4.69) is 20.9 Å². The molecule has 0 unspecified atom stereocenters. The molecule has 1 aromatic carbocycles. The van der Waals surface area contributed by atoms with Gasteiger partial charge in [0.05, 0.1) is 17.3 Å². The molecule has 0 atom stereocenters. The molecule has 0 N–H and O–H groups in total. The summed E-state index contributed by atoms with van der Waals surface area (Å²) in [6.45, 7) is 0. The third kappa shape index (κ3) is 3.38. The summed E-state index contributed by atoms with van der Waals surface area (Å²) in [5, 5.41) is -1.41. The van der Waals surface area contributed by atoms with Crippen molar-refractivity contribution in [1.29, 1.82) is 0 Å². The van der Waals surface area contributed by atoms with Crippen molar-refractivity contribution in [2.24, 2.45) is 4.99 Å². The van der Waals surface area contributed by atoms with Crippen LogP contribution in [-0.4, -0.2) is 18.5 Å². The van der Waals surface area contributed by atoms with Crippen LogP contribution >= 0.6 is 27.5 Å². The highest BCUT2D eigenvalue weighted by Gasteiger charge is 2.34. The van der Waals surface area contributed by atoms with E-state index >= 15 is 0 Å². The van der Waals surface area contributed by atoms with Crippen molar-refractivity contribution < 1.29 is 17.9 Å². The van der Waals surface area contributed by atoms with E-state index in [-0.39, 0.29) is 5.69 Å². The SMILES string of the molecule is COc1ccc(N=C(Cl)C(F)(F)F)cc1Br. The van der Waals surface area contributed by atoms with E-state index in [1.165, 1.54) is 25.3 Å². The van der Waals surface area contributed by atoms with Gasteiger partial charge in [0, 0.05) is 0 Å². The third-order valence-electron chi connectivity index (χ3n) is 1.60. The fraction of sp³-hybridized carbons (Fsp3) is 0.222. The van der Waals surface area contributed by atoms with Gasteiger partial charge in [-0.25, -0.2) is 4.99 Å². The third-order valence-corrected chi connectivity index (χ3v) is 2.52. The minimum absolute atomic E-state index is 0.0926. The Balaban J connectivity index is 3.04. The first-order chi connectivity index (χ1) is 7.34. The normalized spacial score (nSPS) is 12.8. The van der Waals surface area contributed by atoms with Crippen molar-refractivity contribution in [3.63, 3.8) is 0 Å². The van der Waals surface area contributed by atoms with Gasteiger partial charge in [0.2, 0.25) is 5.17 Å². The van der Waals surface area contributed by atoms with Crippen molar-refractivity contribution in [2.45, 2.75) is 6.18 Å². The Kier molecular flexibility index (Phi) is 4.21. The van der Waals surface area contributed by atoms with Crippen molar-refractivity contribution in [2.75, 3.05) is 7.11 Å². The molecule has 16 heavy (non-hydrogen) atoms. The number of methoxy groups -OCH3 is 1. The first-order valence-electron chi connectivity index (χ1n) is 3.99. The maximum Gasteiger partial charge on any atom is 0.444 e. The van der Waals surface area contributed by atoms with Crippen LogP contribution in [-0.2, 0) is 0 Å². The molecule has 0 spiro atoms. The minimum atomic E-state index is -4.63. The number of benzene rings is 1. The zero-order valence-corrected chi connectivity index (χ0v) is 10.3. The van der Waals surface area contributed by atoms with Crippen LogP contribution in [0.5, 0.6) is 5.75 Å². The monoisotopic (exact) mass is 315 g/mol. The molecule has 0 aromatic heterocycles. The van der Waals surface area contributed by atoms with Crippen LogP contribution in [0.2, 0.25) is 0 Å². The molecule has 0 aliphatic carbocycles. The summed E-state index contributed by atoms with van der Waals surface area (Å²) in [7, 11) is 1.45. The molecule has 0 aliphatic heterocycles. The van der Waals surface area contributed by atoms with E-state index in [4.69, 9.17) is 16.3 Å². The Morgan fingerprint density at radius 1 is 1.44 bits per heavy atom. The van der Waals surface area contributed by atoms with Gasteiger partial charge < -0.3 is 4.74 Å². The quantitative estimate of drug-likeness (QED) is 0.746. The van der Waals surface area contributed by atoms with Gasteiger partial charge in [-0.3, -0.25) is 0 Å². The minimum Gasteiger partial charge on any atom is -0.496 e. The molecule has 0 heterocycles. The molecule has 1 aromatic rings. The number of ether oxygens (including phenoxy) is 1. The van der Waals surface area contributed by atoms with Crippen LogP contribution in [0.3, 0.4) is 0 Å². The maximum absolute atomic E-state index is 12.1. The lowest BCUT2D eigenvalue weighted by Gasteiger charge is -2.05. The van der Waals surface area contributed by atoms with Gasteiger partial charge in [0.15, 0.2) is 0 Å². The van der Waals surface area contributed by atoms with Gasteiger partial charge in [-0.15, -0.1) is 0 Å². The van der Waals surface area contributed by atoms with Crippen LogP contribution in [0.4, 0.5) is 18.9 Å². The van der Waals surface area contributed by atoms with E-state index in [1.54, 1.807) is 0 Å². The van der Waals surface area contributed by atoms with E-state index in [0.717, 1.165) is 0 Å². The number of rotatable bonds is 2. The van der Waals surface area contributed by atoms with Crippen LogP contribution in [0.25, 0.3) is 0 Å². The van der Waals surface area contributed by atoms with Gasteiger partial charge >= 0.3 is 6.18 Å². The van der Waals surface area contributed by atoms with E-state index in [0.29, 0.717) is 10.2 Å². The molecule has 0 saturated heterocycles. The number of hydrogen-bond acceptors (Lipinski definition) is 2. The fourth-order valence-corrected chi connectivity index (χ4v) is 1.53. The van der Waals surface area contributed by atoms with Crippen LogP contribution in [0.1, 0.15) is 0 Å². The van der Waals surface area contributed by atoms with Crippen molar-refractivity contribution >= 4 is 38.4 Å². The van der Waals surface area contributed by atoms with Gasteiger partial charge in [0.1, 0.15) is 5.75 Å². The molecule has 0 fully saturated rings. The Morgan fingerprint density at radius 3 is 2.50 bits per heavy atom. The number of aliphatic imine (C=N–C) groups is 1. The molecule has 1 rings (SSSR count). The average Bonchev–Trinajstić information content (AvgIpc) is 2.16. The molecule has 2 nitrogen and oxygen atoms in total. The summed E-state index contributed by atoms with van der Waals surface area (Å²) < 4.78 is 41.7. The highest BCUT2D eigenvalue weighted by molar-refractivity contribution is 9.10. The fourth-order valence-electron chi connectivity index (χ4n) is 0.902. The van der Waals surface area contributed by atoms with Crippen molar-refractivity contribution in [3.05, 3.63) is 22.7 Å². The Labute approximate surface area is 103 Å². The van der Waals surface area contributed by atoms with Gasteiger partial charge in [-0.05, 0) is 34.1 Å². The first kappa shape index (κ1) is 13.3. The van der Waals surface area contributed by atoms with Crippen molar-refractivity contribution in [1.82, 2.24) is 0 Å². The average molecular weight is 317 g/mol. The number of hydrogen-bond donors (Lipinski definition) is 0. The molecular formula is C9H6BrClF3NO. The number of nitrogens with zero attached hydrogens (tertiary/aromatic N) is 1. The summed E-state index contributed by atoms with van der Waals surface area (Å²) in [4.78, 5) is 3.24. The largest absolute Gasteiger partial charge is 0.496 e. The number of halogens is 5. The summed E-state index contributed by atoms with van der Waals surface area (Å²) in [5.74, 6) is 0.502. The topological polar surface area (TPSA) is 21.6 Å². The van der Waals surface area contributed by atoms with E-state index < -0.39 is 11.3 Å². The van der Waals surface area contributed by atoms with Crippen LogP contribution in [0, 0.1) is 0 Å². The molecular weight excluding hydrogens is 310 g/mol. The van der Waals surface area contributed by atoms with Gasteiger partial charge in [-0.2, -0.15) is 13.2 Å². The molecule has 88 valence electrons. The van der Waals surface area contributed by atoms with E-state index in [1.807, 2.05) is 0 Å². The molecule has 7 heteroatoms. The van der Waals surface area contributed by atoms with Crippen molar-refractivity contribution in [3.8, 4) is 5.75 Å². The lowest BCUT2D eigenvalue weighted by molar-refractivity contribution is -0.0558. The first-order valence-corrected chi connectivity index (χ1v) is 5.16. The summed E-state index contributed by atoms with van der Waals surface area (Å²) in [5.41, 5.74) is 0.0926. The second kappa shape index (κ2) is 5.05. The Morgan fingerprint density at radius 2 is 2.06 bits per heavy atom. The molecule has 0 saturated carbocycles. The van der Waals surface area contributed by atoms with Crippen LogP contribution < -0.4 is 4.74 Å². The lowest BCUT2D eigenvalue weighted by atomic mass is 10.3. The second-order valence-corrected chi connectivity index (χ2v) is 3.93. The van der Waals surface area contributed by atoms with Gasteiger partial charge in [-0.1, -0.05) is 11.6 Å². The standard InChI is InChI=1S/C9H6BrClF3NO/c1-16-7-3-2-5(4-6(7)10)15-8(11)9(12,13)14/h2-4H,1H3. The maximum atomic E-state index is 12.1. The summed E-state index contributed by atoms with van der Waals surface area (Å²) in [6, 6.07) is 4.24. The summed E-state index contributed by atoms with van der Waals surface area (Å²) in [6.07, 6.45) is -4.63. The Hall–Kier alpha value is -0.750. The highest BCUT2D eigenvalue weighted by Crippen LogP contribution is 2.30. The molecule has 0 bridgehead atoms. The summed E-state index contributed by atoms with van der Waals surface area (Å²) >= 11 is 8.12.